The van der Waals surface area contributed by atoms with Gasteiger partial charge in [-0.1, -0.05) is 15.9 Å². The van der Waals surface area contributed by atoms with Crippen molar-refractivity contribution in [3.63, 3.8) is 0 Å². The van der Waals surface area contributed by atoms with Crippen LogP contribution < -0.4 is 5.32 Å². The summed E-state index contributed by atoms with van der Waals surface area (Å²) in [6, 6.07) is 1.03. The standard InChI is InChI=1S/C12H13Br2F3N2O.2ClH/c13-7-5-8(10(20)9(14)6-7)11(12(15,16)17)19-3-1-18-2-4-19;;/h5-6,11,18,20H,1-4H2;2*1H/t11-;;/m1../s1. The monoisotopic (exact) mass is 488 g/mol. The number of alkyl halides is 3. The summed E-state index contributed by atoms with van der Waals surface area (Å²) in [5.41, 5.74) is -0.138. The van der Waals surface area contributed by atoms with E-state index in [4.69, 9.17) is 0 Å². The van der Waals surface area contributed by atoms with Crippen molar-refractivity contribution in [2.45, 2.75) is 12.2 Å². The third kappa shape index (κ3) is 5.14. The van der Waals surface area contributed by atoms with Gasteiger partial charge in [0.1, 0.15) is 11.8 Å². The number of halogens is 7. The minimum Gasteiger partial charge on any atom is -0.506 e. The smallest absolute Gasteiger partial charge is 0.408 e. The van der Waals surface area contributed by atoms with Gasteiger partial charge in [0, 0.05) is 36.2 Å². The molecule has 0 spiro atoms. The number of rotatable bonds is 2. The van der Waals surface area contributed by atoms with Crippen LogP contribution in [0.2, 0.25) is 0 Å². The number of benzene rings is 1. The van der Waals surface area contributed by atoms with Gasteiger partial charge in [0.2, 0.25) is 0 Å². The molecule has 1 aliphatic heterocycles. The Morgan fingerprint density at radius 1 is 1.14 bits per heavy atom. The molecular weight excluding hydrogens is 476 g/mol. The lowest BCUT2D eigenvalue weighted by molar-refractivity contribution is -0.188. The van der Waals surface area contributed by atoms with Crippen molar-refractivity contribution in [1.29, 1.82) is 0 Å². The highest BCUT2D eigenvalue weighted by Crippen LogP contribution is 2.44. The minimum absolute atomic E-state index is 0. The van der Waals surface area contributed by atoms with Gasteiger partial charge in [-0.15, -0.1) is 24.8 Å². The molecular formula is C12H15Br2Cl2F3N2O. The van der Waals surface area contributed by atoms with Gasteiger partial charge in [0.05, 0.1) is 4.47 Å². The molecule has 0 bridgehead atoms. The highest BCUT2D eigenvalue weighted by Gasteiger charge is 2.46. The van der Waals surface area contributed by atoms with Crippen molar-refractivity contribution in [2.75, 3.05) is 26.2 Å². The Hall–Kier alpha value is 0.270. The molecule has 1 aromatic rings. The van der Waals surface area contributed by atoms with E-state index in [1.165, 1.54) is 17.0 Å². The first kappa shape index (κ1) is 22.3. The molecule has 10 heteroatoms. The van der Waals surface area contributed by atoms with Crippen LogP contribution in [0.4, 0.5) is 13.2 Å². The number of phenols is 1. The van der Waals surface area contributed by atoms with E-state index in [-0.39, 0.29) is 53.7 Å². The minimum atomic E-state index is -4.45. The topological polar surface area (TPSA) is 35.5 Å². The van der Waals surface area contributed by atoms with Crippen LogP contribution in [0.5, 0.6) is 5.75 Å². The van der Waals surface area contributed by atoms with E-state index < -0.39 is 12.2 Å². The molecule has 0 radical (unpaired) electrons. The van der Waals surface area contributed by atoms with E-state index in [9.17, 15) is 18.3 Å². The zero-order valence-electron chi connectivity index (χ0n) is 11.2. The molecule has 0 aliphatic carbocycles. The lowest BCUT2D eigenvalue weighted by Crippen LogP contribution is -2.49. The second-order valence-corrected chi connectivity index (χ2v) is 6.33. The van der Waals surface area contributed by atoms with E-state index >= 15 is 0 Å². The number of nitrogens with one attached hydrogen (secondary N) is 1. The fourth-order valence-electron chi connectivity index (χ4n) is 2.31. The van der Waals surface area contributed by atoms with Crippen molar-refractivity contribution in [2.24, 2.45) is 0 Å². The number of hydrogen-bond donors (Lipinski definition) is 2. The molecule has 3 nitrogen and oxygen atoms in total. The van der Waals surface area contributed by atoms with Crippen LogP contribution in [0.1, 0.15) is 11.6 Å². The summed E-state index contributed by atoms with van der Waals surface area (Å²) in [6.07, 6.45) is -4.45. The van der Waals surface area contributed by atoms with E-state index in [1.54, 1.807) is 0 Å². The first-order chi connectivity index (χ1) is 9.30. The third-order valence-electron chi connectivity index (χ3n) is 3.18. The summed E-state index contributed by atoms with van der Waals surface area (Å²) < 4.78 is 41.0. The number of piperazine rings is 1. The van der Waals surface area contributed by atoms with E-state index in [0.717, 1.165) is 0 Å². The zero-order valence-corrected chi connectivity index (χ0v) is 16.0. The van der Waals surface area contributed by atoms with Crippen LogP contribution in [0.15, 0.2) is 21.1 Å². The predicted octanol–water partition coefficient (Wildman–Crippen LogP) is 4.27. The predicted molar refractivity (Wildman–Crippen MR) is 91.2 cm³/mol. The average molecular weight is 491 g/mol. The first-order valence-corrected chi connectivity index (χ1v) is 7.58. The van der Waals surface area contributed by atoms with Gasteiger partial charge in [0.15, 0.2) is 0 Å². The maximum Gasteiger partial charge on any atom is 0.408 e. The Bertz CT molecular complexity index is 500. The molecule has 1 fully saturated rings. The molecule has 1 saturated heterocycles. The van der Waals surface area contributed by atoms with Crippen molar-refractivity contribution in [1.82, 2.24) is 10.2 Å². The van der Waals surface area contributed by atoms with Crippen LogP contribution in [0, 0.1) is 0 Å². The molecule has 2 rings (SSSR count). The van der Waals surface area contributed by atoms with Gasteiger partial charge >= 0.3 is 6.18 Å². The zero-order chi connectivity index (χ0) is 14.9. The molecule has 1 aromatic carbocycles. The summed E-state index contributed by atoms with van der Waals surface area (Å²) in [4.78, 5) is 1.34. The molecule has 0 unspecified atom stereocenters. The summed E-state index contributed by atoms with van der Waals surface area (Å²) in [5.74, 6) is -0.367. The van der Waals surface area contributed by atoms with Crippen LogP contribution in [-0.4, -0.2) is 42.4 Å². The molecule has 1 atom stereocenters. The Labute approximate surface area is 155 Å². The molecule has 1 heterocycles. The fourth-order valence-corrected chi connectivity index (χ4v) is 3.57. The van der Waals surface area contributed by atoms with E-state index in [2.05, 4.69) is 37.2 Å². The number of phenolic OH excluding ortho intramolecular Hbond substituents is 1. The van der Waals surface area contributed by atoms with Gasteiger partial charge in [-0.2, -0.15) is 13.2 Å². The number of aromatic hydroxyl groups is 1. The molecule has 0 amide bonds. The molecule has 0 aromatic heterocycles. The SMILES string of the molecule is Cl.Cl.Oc1c(Br)cc(Br)cc1[C@@H](N1CCNCC1)C(F)(F)F. The molecule has 22 heavy (non-hydrogen) atoms. The quantitative estimate of drug-likeness (QED) is 0.650. The molecule has 0 saturated carbocycles. The highest BCUT2D eigenvalue weighted by atomic mass is 79.9. The van der Waals surface area contributed by atoms with Gasteiger partial charge in [-0.05, 0) is 28.1 Å². The normalized spacial score (nSPS) is 17.3. The molecule has 128 valence electrons. The third-order valence-corrected chi connectivity index (χ3v) is 4.24. The van der Waals surface area contributed by atoms with Crippen molar-refractivity contribution < 1.29 is 18.3 Å². The van der Waals surface area contributed by atoms with Crippen LogP contribution in [-0.2, 0) is 0 Å². The number of hydrogen-bond acceptors (Lipinski definition) is 3. The first-order valence-electron chi connectivity index (χ1n) is 6.00. The van der Waals surface area contributed by atoms with Crippen LogP contribution in [0.25, 0.3) is 0 Å². The fraction of sp³-hybridized carbons (Fsp3) is 0.500. The van der Waals surface area contributed by atoms with Crippen molar-refractivity contribution >= 4 is 56.7 Å². The van der Waals surface area contributed by atoms with Crippen molar-refractivity contribution in [3.05, 3.63) is 26.6 Å². The summed E-state index contributed by atoms with van der Waals surface area (Å²) in [6.45, 7) is 1.58. The van der Waals surface area contributed by atoms with Gasteiger partial charge in [-0.25, -0.2) is 0 Å². The van der Waals surface area contributed by atoms with E-state index in [1.807, 2.05) is 0 Å². The highest BCUT2D eigenvalue weighted by molar-refractivity contribution is 9.11. The van der Waals surface area contributed by atoms with Gasteiger partial charge in [-0.3, -0.25) is 4.90 Å². The molecule has 1 aliphatic rings. The maximum atomic E-state index is 13.4. The lowest BCUT2D eigenvalue weighted by Gasteiger charge is -2.36. The van der Waals surface area contributed by atoms with Gasteiger partial charge in [0.25, 0.3) is 0 Å². The second kappa shape index (κ2) is 8.94. The maximum absolute atomic E-state index is 13.4. The Morgan fingerprint density at radius 3 is 2.18 bits per heavy atom. The van der Waals surface area contributed by atoms with Crippen LogP contribution in [0.3, 0.4) is 0 Å². The summed E-state index contributed by atoms with van der Waals surface area (Å²) in [7, 11) is 0. The van der Waals surface area contributed by atoms with Gasteiger partial charge < -0.3 is 10.4 Å². The Morgan fingerprint density at radius 2 is 1.68 bits per heavy atom. The van der Waals surface area contributed by atoms with Crippen molar-refractivity contribution in [3.8, 4) is 5.75 Å². The van der Waals surface area contributed by atoms with E-state index in [0.29, 0.717) is 17.6 Å². The second-order valence-electron chi connectivity index (χ2n) is 4.56. The Kier molecular flexibility index (Phi) is 9.05. The molecule has 2 N–H and O–H groups in total. The Balaban J connectivity index is 0.00000220. The summed E-state index contributed by atoms with van der Waals surface area (Å²) in [5, 5.41) is 13.0. The van der Waals surface area contributed by atoms with Crippen LogP contribution >= 0.6 is 56.7 Å². The largest absolute Gasteiger partial charge is 0.506 e. The lowest BCUT2D eigenvalue weighted by atomic mass is 10.0. The summed E-state index contributed by atoms with van der Waals surface area (Å²) >= 11 is 6.24. The average Bonchev–Trinajstić information content (AvgIpc) is 2.35. The number of nitrogens with zero attached hydrogens (tertiary/aromatic N) is 1.